The lowest BCUT2D eigenvalue weighted by Crippen LogP contribution is -2.59. The highest BCUT2D eigenvalue weighted by Crippen LogP contribution is 2.22. The molecule has 158 valence electrons. The number of barbiturate groups is 1. The maximum atomic E-state index is 13.5. The minimum absolute atomic E-state index is 0.223. The Morgan fingerprint density at radius 2 is 1.65 bits per heavy atom. The van der Waals surface area contributed by atoms with Crippen LogP contribution in [0.1, 0.15) is 11.1 Å². The Labute approximate surface area is 178 Å². The molecule has 0 spiro atoms. The number of carbonyl (C=O) groups excluding carboxylic acids is 3. The van der Waals surface area contributed by atoms with Crippen LogP contribution in [0.3, 0.4) is 0 Å². The lowest BCUT2D eigenvalue weighted by Gasteiger charge is -2.33. The Kier molecular flexibility index (Phi) is 5.37. The molecule has 0 radical (unpaired) electrons. The van der Waals surface area contributed by atoms with Gasteiger partial charge in [0.25, 0.3) is 0 Å². The van der Waals surface area contributed by atoms with E-state index in [2.05, 4.69) is 9.98 Å². The number of fused-ring (bicyclic) bond motifs is 1. The van der Waals surface area contributed by atoms with Gasteiger partial charge in [0.15, 0.2) is 5.92 Å². The van der Waals surface area contributed by atoms with Crippen LogP contribution in [0, 0.1) is 11.7 Å². The first kappa shape index (κ1) is 20.5. The summed E-state index contributed by atoms with van der Waals surface area (Å²) in [4.78, 5) is 47.4. The van der Waals surface area contributed by atoms with Crippen molar-refractivity contribution < 1.29 is 18.8 Å². The molecule has 1 saturated heterocycles. The third-order valence-electron chi connectivity index (χ3n) is 5.48. The quantitative estimate of drug-likeness (QED) is 0.509. The number of rotatable bonds is 5. The number of aromatic nitrogens is 1. The van der Waals surface area contributed by atoms with Crippen molar-refractivity contribution in [3.63, 3.8) is 0 Å². The normalized spacial score (nSPS) is 16.0. The van der Waals surface area contributed by atoms with Crippen LogP contribution in [0.2, 0.25) is 0 Å². The van der Waals surface area contributed by atoms with E-state index in [9.17, 15) is 18.8 Å². The Balaban J connectivity index is 1.69. The second-order valence-corrected chi connectivity index (χ2v) is 7.39. The first-order chi connectivity index (χ1) is 14.9. The number of benzene rings is 2. The minimum atomic E-state index is -1.26. The van der Waals surface area contributed by atoms with Gasteiger partial charge in [-0.3, -0.25) is 24.4 Å². The van der Waals surface area contributed by atoms with Crippen molar-refractivity contribution in [1.82, 2.24) is 14.8 Å². The van der Waals surface area contributed by atoms with Crippen LogP contribution in [0.25, 0.3) is 10.9 Å². The second-order valence-electron chi connectivity index (χ2n) is 7.39. The Morgan fingerprint density at radius 3 is 2.32 bits per heavy atom. The van der Waals surface area contributed by atoms with Gasteiger partial charge in [0.1, 0.15) is 5.82 Å². The molecular formula is C23H21FN4O3. The van der Waals surface area contributed by atoms with Crippen LogP contribution in [-0.2, 0) is 16.0 Å². The average molecular weight is 420 g/mol. The molecular weight excluding hydrogens is 399 g/mol. The number of carbonyl (C=O) groups is 3. The van der Waals surface area contributed by atoms with E-state index in [1.807, 2.05) is 30.5 Å². The molecule has 1 aliphatic heterocycles. The summed E-state index contributed by atoms with van der Waals surface area (Å²) in [5.74, 6) is -3.00. The fourth-order valence-corrected chi connectivity index (χ4v) is 3.75. The van der Waals surface area contributed by atoms with Gasteiger partial charge >= 0.3 is 6.03 Å². The molecule has 0 atom stereocenters. The molecule has 8 heteroatoms. The van der Waals surface area contributed by atoms with Crippen LogP contribution in [0.4, 0.5) is 9.18 Å². The van der Waals surface area contributed by atoms with Gasteiger partial charge in [0, 0.05) is 37.7 Å². The van der Waals surface area contributed by atoms with Gasteiger partial charge in [0.2, 0.25) is 11.8 Å². The summed E-state index contributed by atoms with van der Waals surface area (Å²) in [7, 11) is 2.66. The first-order valence-corrected chi connectivity index (χ1v) is 9.83. The molecule has 1 aliphatic rings. The van der Waals surface area contributed by atoms with Crippen molar-refractivity contribution >= 4 is 34.5 Å². The summed E-state index contributed by atoms with van der Waals surface area (Å²) >= 11 is 0. The zero-order valence-electron chi connectivity index (χ0n) is 17.1. The standard InChI is InChI=1S/C23H21FN4O3/c1-27-21(29)19(22(30)28(2)23(27)31)20(14-7-9-16(24)10-8-14)25-12-11-15-13-26-18-6-4-3-5-17(15)18/h3-10,13,19,26H,11-12H2,1-2H3. The molecule has 0 saturated carbocycles. The predicted molar refractivity (Wildman–Crippen MR) is 114 cm³/mol. The number of hydrogen-bond donors (Lipinski definition) is 1. The van der Waals surface area contributed by atoms with E-state index in [1.165, 1.54) is 38.4 Å². The minimum Gasteiger partial charge on any atom is -0.361 e. The number of urea groups is 1. The number of H-pyrrole nitrogens is 1. The maximum Gasteiger partial charge on any atom is 0.332 e. The summed E-state index contributed by atoms with van der Waals surface area (Å²) in [6.45, 7) is 0.312. The average Bonchev–Trinajstić information content (AvgIpc) is 3.19. The molecule has 0 aliphatic carbocycles. The topological polar surface area (TPSA) is 85.8 Å². The molecule has 7 nitrogen and oxygen atoms in total. The van der Waals surface area contributed by atoms with Crippen LogP contribution < -0.4 is 0 Å². The van der Waals surface area contributed by atoms with Gasteiger partial charge < -0.3 is 4.98 Å². The van der Waals surface area contributed by atoms with Crippen LogP contribution >= 0.6 is 0 Å². The summed E-state index contributed by atoms with van der Waals surface area (Å²) < 4.78 is 13.5. The van der Waals surface area contributed by atoms with Gasteiger partial charge in [-0.25, -0.2) is 9.18 Å². The molecule has 0 unspecified atom stereocenters. The zero-order chi connectivity index (χ0) is 22.1. The van der Waals surface area contributed by atoms with E-state index < -0.39 is 29.6 Å². The van der Waals surface area contributed by atoms with Crippen molar-refractivity contribution in [3.05, 3.63) is 71.7 Å². The van der Waals surface area contributed by atoms with Crippen molar-refractivity contribution in [3.8, 4) is 0 Å². The predicted octanol–water partition coefficient (Wildman–Crippen LogP) is 3.01. The van der Waals surface area contributed by atoms with E-state index in [0.717, 1.165) is 26.3 Å². The van der Waals surface area contributed by atoms with E-state index in [4.69, 9.17) is 0 Å². The van der Waals surface area contributed by atoms with E-state index in [1.54, 1.807) is 0 Å². The number of halogens is 1. The Bertz CT molecular complexity index is 1180. The van der Waals surface area contributed by atoms with Crippen LogP contribution in [0.15, 0.2) is 59.7 Å². The Hall–Kier alpha value is -3.81. The molecule has 1 N–H and O–H groups in total. The van der Waals surface area contributed by atoms with E-state index in [0.29, 0.717) is 18.5 Å². The largest absolute Gasteiger partial charge is 0.361 e. The number of para-hydroxylation sites is 1. The third-order valence-corrected chi connectivity index (χ3v) is 5.48. The van der Waals surface area contributed by atoms with Gasteiger partial charge in [0.05, 0.1) is 5.71 Å². The van der Waals surface area contributed by atoms with Crippen molar-refractivity contribution in [2.45, 2.75) is 6.42 Å². The number of amides is 4. The number of aromatic amines is 1. The highest BCUT2D eigenvalue weighted by molar-refractivity contribution is 6.30. The molecule has 2 heterocycles. The summed E-state index contributed by atoms with van der Waals surface area (Å²) in [5.41, 5.74) is 2.76. The number of nitrogens with one attached hydrogen (secondary N) is 1. The fraction of sp³-hybridized carbons (Fsp3) is 0.217. The number of imide groups is 2. The van der Waals surface area contributed by atoms with Crippen LogP contribution in [0.5, 0.6) is 0 Å². The lowest BCUT2D eigenvalue weighted by molar-refractivity contribution is -0.144. The maximum absolute atomic E-state index is 13.5. The Morgan fingerprint density at radius 1 is 1.00 bits per heavy atom. The first-order valence-electron chi connectivity index (χ1n) is 9.83. The van der Waals surface area contributed by atoms with Crippen molar-refractivity contribution in [1.29, 1.82) is 0 Å². The summed E-state index contributed by atoms with van der Waals surface area (Å²) in [6, 6.07) is 12.7. The highest BCUT2D eigenvalue weighted by atomic mass is 19.1. The molecule has 1 fully saturated rings. The summed E-state index contributed by atoms with van der Waals surface area (Å²) in [6.07, 6.45) is 2.49. The van der Waals surface area contributed by atoms with Gasteiger partial charge in [-0.1, -0.05) is 30.3 Å². The molecule has 2 aromatic carbocycles. The molecule has 4 amide bonds. The van der Waals surface area contributed by atoms with Gasteiger partial charge in [-0.05, 0) is 35.7 Å². The van der Waals surface area contributed by atoms with Gasteiger partial charge in [-0.15, -0.1) is 0 Å². The SMILES string of the molecule is CN1C(=O)C(C(=NCCc2c[nH]c3ccccc23)c2ccc(F)cc2)C(=O)N(C)C1=O. The monoisotopic (exact) mass is 420 g/mol. The molecule has 4 rings (SSSR count). The van der Waals surface area contributed by atoms with Crippen molar-refractivity contribution in [2.75, 3.05) is 20.6 Å². The van der Waals surface area contributed by atoms with E-state index in [-0.39, 0.29) is 5.71 Å². The second kappa shape index (κ2) is 8.14. The van der Waals surface area contributed by atoms with Crippen molar-refractivity contribution in [2.24, 2.45) is 10.9 Å². The van der Waals surface area contributed by atoms with Gasteiger partial charge in [-0.2, -0.15) is 0 Å². The zero-order valence-corrected chi connectivity index (χ0v) is 17.1. The van der Waals surface area contributed by atoms with Crippen LogP contribution in [-0.4, -0.2) is 59.0 Å². The number of aliphatic imine (C=N–C) groups is 1. The van der Waals surface area contributed by atoms with E-state index >= 15 is 0 Å². The molecule has 3 aromatic rings. The number of hydrogen-bond acceptors (Lipinski definition) is 4. The molecule has 31 heavy (non-hydrogen) atoms. The lowest BCUT2D eigenvalue weighted by atomic mass is 9.92. The third kappa shape index (κ3) is 3.72. The molecule has 0 bridgehead atoms. The smallest absolute Gasteiger partial charge is 0.332 e. The summed E-state index contributed by atoms with van der Waals surface area (Å²) in [5, 5.41) is 1.08. The fourth-order valence-electron chi connectivity index (χ4n) is 3.75. The number of nitrogens with zero attached hydrogens (tertiary/aromatic N) is 3. The highest BCUT2D eigenvalue weighted by Gasteiger charge is 2.45. The molecule has 1 aromatic heterocycles.